The minimum atomic E-state index is -0.0878. The van der Waals surface area contributed by atoms with E-state index in [1.54, 1.807) is 14.2 Å². The van der Waals surface area contributed by atoms with E-state index in [1.807, 2.05) is 18.3 Å². The van der Waals surface area contributed by atoms with Crippen LogP contribution in [0, 0.1) is 0 Å². The number of rotatable bonds is 8. The lowest BCUT2D eigenvalue weighted by molar-refractivity contribution is 0.110. The quantitative estimate of drug-likeness (QED) is 0.544. The van der Waals surface area contributed by atoms with Crippen LogP contribution in [0.2, 0.25) is 0 Å². The fourth-order valence-corrected chi connectivity index (χ4v) is 4.61. The van der Waals surface area contributed by atoms with E-state index in [-0.39, 0.29) is 11.6 Å². The van der Waals surface area contributed by atoms with Crippen molar-refractivity contribution in [1.29, 1.82) is 0 Å². The molecule has 0 bridgehead atoms. The highest BCUT2D eigenvalue weighted by Crippen LogP contribution is 2.43. The van der Waals surface area contributed by atoms with Gasteiger partial charge in [-0.25, -0.2) is 15.0 Å². The Bertz CT molecular complexity index is 1260. The Hall–Kier alpha value is -3.04. The number of nitrogens with one attached hydrogen (secondary N) is 1. The molecule has 5 rings (SSSR count). The Kier molecular flexibility index (Phi) is 6.22. The molecule has 2 aliphatic rings. The Morgan fingerprint density at radius 1 is 1.26 bits per heavy atom. The monoisotopic (exact) mass is 464 g/mol. The van der Waals surface area contributed by atoms with Crippen LogP contribution >= 0.6 is 0 Å². The molecule has 1 saturated carbocycles. The number of ether oxygens (including phenoxy) is 2. The summed E-state index contributed by atoms with van der Waals surface area (Å²) in [5.41, 5.74) is 3.77. The second kappa shape index (κ2) is 9.31. The lowest BCUT2D eigenvalue weighted by atomic mass is 10.0. The van der Waals surface area contributed by atoms with Gasteiger partial charge >= 0.3 is 0 Å². The van der Waals surface area contributed by atoms with Gasteiger partial charge in [-0.1, -0.05) is 0 Å². The van der Waals surface area contributed by atoms with Crippen LogP contribution in [0.15, 0.2) is 23.1 Å². The van der Waals surface area contributed by atoms with E-state index in [0.717, 1.165) is 54.2 Å². The number of hydrogen-bond acceptors (Lipinski definition) is 8. The van der Waals surface area contributed by atoms with Crippen molar-refractivity contribution in [2.45, 2.75) is 51.2 Å². The van der Waals surface area contributed by atoms with Gasteiger partial charge in [-0.05, 0) is 44.4 Å². The Labute approximate surface area is 199 Å². The second-order valence-electron chi connectivity index (χ2n) is 9.42. The van der Waals surface area contributed by atoms with Gasteiger partial charge in [0.1, 0.15) is 11.6 Å². The topological polar surface area (TPSA) is 96.5 Å². The summed E-state index contributed by atoms with van der Waals surface area (Å²) >= 11 is 0. The number of aromatic amines is 1. The van der Waals surface area contributed by atoms with Gasteiger partial charge in [0, 0.05) is 50.5 Å². The van der Waals surface area contributed by atoms with Gasteiger partial charge in [0.05, 0.1) is 36.9 Å². The Balaban J connectivity index is 1.38. The number of anilines is 1. The van der Waals surface area contributed by atoms with Crippen LogP contribution in [0.25, 0.3) is 10.9 Å². The Morgan fingerprint density at radius 3 is 2.82 bits per heavy atom. The third-order valence-electron chi connectivity index (χ3n) is 6.89. The van der Waals surface area contributed by atoms with Crippen LogP contribution in [-0.2, 0) is 24.2 Å². The number of hydrogen-bond donors (Lipinski definition) is 1. The van der Waals surface area contributed by atoms with E-state index >= 15 is 0 Å². The first-order valence-electron chi connectivity index (χ1n) is 11.9. The van der Waals surface area contributed by atoms with Crippen LogP contribution in [-0.4, -0.2) is 65.3 Å². The highest BCUT2D eigenvalue weighted by atomic mass is 16.5. The molecule has 1 fully saturated rings. The molecular formula is C25H32N6O3. The number of aromatic nitrogens is 4. The lowest BCUT2D eigenvalue weighted by Gasteiger charge is -2.29. The van der Waals surface area contributed by atoms with Crippen LogP contribution in [0.4, 0.5) is 5.95 Å². The summed E-state index contributed by atoms with van der Waals surface area (Å²) in [6, 6.07) is 4.12. The number of nitrogens with zero attached hydrogens (tertiary/aromatic N) is 5. The molecule has 0 amide bonds. The van der Waals surface area contributed by atoms with Crippen molar-refractivity contribution in [3.8, 4) is 5.75 Å². The number of likely N-dealkylation sites (N-methyl/N-ethyl adjacent to an activating group) is 1. The molecule has 9 heteroatoms. The predicted molar refractivity (Wildman–Crippen MR) is 130 cm³/mol. The molecule has 0 radical (unpaired) electrons. The summed E-state index contributed by atoms with van der Waals surface area (Å²) in [5, 5.41) is 0.684. The highest BCUT2D eigenvalue weighted by molar-refractivity contribution is 5.85. The standard InChI is InChI=1S/C25H32N6O3/c1-15(14-33-3)30(2)13-22-26-11-17-12-31(8-7-20(17)27-22)25-28-21-10-18(34-4)9-19(16-5-6-16)23(21)24(32)29-25/h9-11,15-16H,5-8,12-14H2,1-4H3,(H,28,29,32)/t15-/m0/s1. The van der Waals surface area contributed by atoms with Gasteiger partial charge in [0.2, 0.25) is 5.95 Å². The minimum absolute atomic E-state index is 0.0878. The SMILES string of the molecule is COC[C@H](C)N(C)Cc1ncc2c(n1)CCN(c1nc3cc(OC)cc(C4CC4)c3c(=O)[nH]1)C2. The van der Waals surface area contributed by atoms with Gasteiger partial charge in [0.15, 0.2) is 0 Å². The minimum Gasteiger partial charge on any atom is -0.497 e. The van der Waals surface area contributed by atoms with Crippen molar-refractivity contribution in [2.75, 3.05) is 39.3 Å². The molecule has 1 aliphatic carbocycles. The van der Waals surface area contributed by atoms with E-state index in [0.29, 0.717) is 42.5 Å². The van der Waals surface area contributed by atoms with Gasteiger partial charge < -0.3 is 14.4 Å². The molecule has 0 saturated heterocycles. The second-order valence-corrected chi connectivity index (χ2v) is 9.42. The zero-order valence-corrected chi connectivity index (χ0v) is 20.3. The largest absolute Gasteiger partial charge is 0.497 e. The number of methoxy groups -OCH3 is 2. The smallest absolute Gasteiger partial charge is 0.260 e. The summed E-state index contributed by atoms with van der Waals surface area (Å²) in [6.07, 6.45) is 4.90. The molecule has 180 valence electrons. The first kappa shape index (κ1) is 22.7. The van der Waals surface area contributed by atoms with Crippen LogP contribution < -0.4 is 15.2 Å². The van der Waals surface area contributed by atoms with Crippen LogP contribution in [0.3, 0.4) is 0 Å². The fourth-order valence-electron chi connectivity index (χ4n) is 4.61. The summed E-state index contributed by atoms with van der Waals surface area (Å²) in [4.78, 5) is 34.7. The molecule has 3 heterocycles. The average Bonchev–Trinajstić information content (AvgIpc) is 3.68. The van der Waals surface area contributed by atoms with Crippen molar-refractivity contribution in [3.63, 3.8) is 0 Å². The van der Waals surface area contributed by atoms with Crippen molar-refractivity contribution in [1.82, 2.24) is 24.8 Å². The van der Waals surface area contributed by atoms with Crippen molar-refractivity contribution >= 4 is 16.9 Å². The first-order chi connectivity index (χ1) is 16.5. The molecule has 1 N–H and O–H groups in total. The molecule has 0 unspecified atom stereocenters. The Morgan fingerprint density at radius 2 is 2.09 bits per heavy atom. The van der Waals surface area contributed by atoms with Crippen molar-refractivity contribution < 1.29 is 9.47 Å². The maximum atomic E-state index is 13.1. The van der Waals surface area contributed by atoms with E-state index in [2.05, 4.69) is 33.7 Å². The molecule has 3 aromatic rings. The third kappa shape index (κ3) is 4.50. The molecule has 0 spiro atoms. The molecule has 34 heavy (non-hydrogen) atoms. The summed E-state index contributed by atoms with van der Waals surface area (Å²) in [6.45, 7) is 4.81. The van der Waals surface area contributed by atoms with Crippen LogP contribution in [0.5, 0.6) is 5.75 Å². The molecule has 2 aromatic heterocycles. The van der Waals surface area contributed by atoms with Crippen molar-refractivity contribution in [3.05, 3.63) is 51.3 Å². The highest BCUT2D eigenvalue weighted by Gasteiger charge is 2.28. The maximum absolute atomic E-state index is 13.1. The predicted octanol–water partition coefficient (Wildman–Crippen LogP) is 2.63. The molecule has 1 atom stereocenters. The number of H-pyrrole nitrogens is 1. The average molecular weight is 465 g/mol. The normalized spacial score (nSPS) is 16.7. The zero-order chi connectivity index (χ0) is 23.8. The van der Waals surface area contributed by atoms with Gasteiger partial charge in [0.25, 0.3) is 5.56 Å². The first-order valence-corrected chi connectivity index (χ1v) is 11.9. The van der Waals surface area contributed by atoms with Gasteiger partial charge in [-0.15, -0.1) is 0 Å². The van der Waals surface area contributed by atoms with Gasteiger partial charge in [-0.2, -0.15) is 0 Å². The van der Waals surface area contributed by atoms with Crippen molar-refractivity contribution in [2.24, 2.45) is 0 Å². The number of benzene rings is 1. The molecule has 9 nitrogen and oxygen atoms in total. The third-order valence-corrected chi connectivity index (χ3v) is 6.89. The van der Waals surface area contributed by atoms with Crippen LogP contribution in [0.1, 0.15) is 48.3 Å². The number of fused-ring (bicyclic) bond motifs is 2. The molecule has 1 aliphatic heterocycles. The lowest BCUT2D eigenvalue weighted by Crippen LogP contribution is -2.35. The summed E-state index contributed by atoms with van der Waals surface area (Å²) < 4.78 is 10.7. The fraction of sp³-hybridized carbons (Fsp3) is 0.520. The van der Waals surface area contributed by atoms with E-state index in [1.165, 1.54) is 0 Å². The van der Waals surface area contributed by atoms with Gasteiger partial charge in [-0.3, -0.25) is 14.7 Å². The van der Waals surface area contributed by atoms with E-state index in [4.69, 9.17) is 19.4 Å². The maximum Gasteiger partial charge on any atom is 0.260 e. The summed E-state index contributed by atoms with van der Waals surface area (Å²) in [7, 11) is 5.42. The van der Waals surface area contributed by atoms with E-state index in [9.17, 15) is 4.79 Å². The summed E-state index contributed by atoms with van der Waals surface area (Å²) in [5.74, 6) is 2.56. The van der Waals surface area contributed by atoms with E-state index < -0.39 is 0 Å². The zero-order valence-electron chi connectivity index (χ0n) is 20.3. The molecule has 1 aromatic carbocycles. The molecular weight excluding hydrogens is 432 g/mol.